The van der Waals surface area contributed by atoms with Gasteiger partial charge in [-0.15, -0.1) is 11.3 Å². The highest BCUT2D eigenvalue weighted by molar-refractivity contribution is 7.12. The molecule has 1 aliphatic rings. The van der Waals surface area contributed by atoms with Gasteiger partial charge < -0.3 is 9.80 Å². The first kappa shape index (κ1) is 17.7. The number of piperazine rings is 1. The maximum absolute atomic E-state index is 12.4. The van der Waals surface area contributed by atoms with E-state index < -0.39 is 0 Å². The van der Waals surface area contributed by atoms with Crippen LogP contribution in [-0.2, 0) is 4.79 Å². The van der Waals surface area contributed by atoms with E-state index >= 15 is 0 Å². The van der Waals surface area contributed by atoms with Crippen molar-refractivity contribution < 1.29 is 9.59 Å². The number of thiophene rings is 1. The van der Waals surface area contributed by atoms with Crippen molar-refractivity contribution in [1.82, 2.24) is 4.90 Å². The van der Waals surface area contributed by atoms with Gasteiger partial charge in [-0.1, -0.05) is 18.2 Å². The highest BCUT2D eigenvalue weighted by Gasteiger charge is 2.21. The standard InChI is InChI=1S/C20H24N2O2S/c1-16-5-2-6-17(15-16)21-10-12-22(13-11-21)20(24)9-3-7-18(23)19-8-4-14-25-19/h2,4-6,8,14-15H,3,7,9-13H2,1H3. The van der Waals surface area contributed by atoms with Gasteiger partial charge in [0.25, 0.3) is 0 Å². The van der Waals surface area contributed by atoms with Crippen LogP contribution in [0.3, 0.4) is 0 Å². The fourth-order valence-corrected chi connectivity index (χ4v) is 3.85. The third kappa shape index (κ3) is 4.69. The van der Waals surface area contributed by atoms with Crippen molar-refractivity contribution in [3.05, 3.63) is 52.2 Å². The Kier molecular flexibility index (Phi) is 5.87. The summed E-state index contributed by atoms with van der Waals surface area (Å²) in [7, 11) is 0. The van der Waals surface area contributed by atoms with Crippen molar-refractivity contribution in [3.8, 4) is 0 Å². The van der Waals surface area contributed by atoms with E-state index in [0.717, 1.165) is 31.1 Å². The summed E-state index contributed by atoms with van der Waals surface area (Å²) in [6, 6.07) is 12.2. The van der Waals surface area contributed by atoms with Crippen LogP contribution in [0.15, 0.2) is 41.8 Å². The van der Waals surface area contributed by atoms with Crippen molar-refractivity contribution in [2.24, 2.45) is 0 Å². The smallest absolute Gasteiger partial charge is 0.222 e. The summed E-state index contributed by atoms with van der Waals surface area (Å²) < 4.78 is 0. The van der Waals surface area contributed by atoms with Crippen LogP contribution < -0.4 is 4.90 Å². The number of carbonyl (C=O) groups excluding carboxylic acids is 2. The van der Waals surface area contributed by atoms with E-state index in [0.29, 0.717) is 19.3 Å². The Balaban J connectivity index is 1.41. The first-order chi connectivity index (χ1) is 12.1. The molecular weight excluding hydrogens is 332 g/mol. The van der Waals surface area contributed by atoms with Crippen molar-refractivity contribution in [3.63, 3.8) is 0 Å². The van der Waals surface area contributed by atoms with E-state index in [9.17, 15) is 9.59 Å². The number of hydrogen-bond acceptors (Lipinski definition) is 4. The second-order valence-electron chi connectivity index (χ2n) is 6.46. The summed E-state index contributed by atoms with van der Waals surface area (Å²) in [5.74, 6) is 0.315. The number of carbonyl (C=O) groups is 2. The van der Waals surface area contributed by atoms with E-state index in [4.69, 9.17) is 0 Å². The first-order valence-corrected chi connectivity index (χ1v) is 9.67. The second kappa shape index (κ2) is 8.30. The van der Waals surface area contributed by atoms with Crippen molar-refractivity contribution >= 4 is 28.7 Å². The normalized spacial score (nSPS) is 14.6. The topological polar surface area (TPSA) is 40.6 Å². The molecule has 1 aliphatic heterocycles. The molecule has 1 amide bonds. The zero-order chi connectivity index (χ0) is 17.6. The third-order valence-electron chi connectivity index (χ3n) is 4.59. The third-order valence-corrected chi connectivity index (χ3v) is 5.50. The van der Waals surface area contributed by atoms with Crippen molar-refractivity contribution in [1.29, 1.82) is 0 Å². The second-order valence-corrected chi connectivity index (χ2v) is 7.41. The number of amides is 1. The molecule has 0 aliphatic carbocycles. The monoisotopic (exact) mass is 356 g/mol. The minimum Gasteiger partial charge on any atom is -0.368 e. The molecule has 0 saturated carbocycles. The molecule has 2 heterocycles. The van der Waals surface area contributed by atoms with Gasteiger partial charge in [-0.25, -0.2) is 0 Å². The maximum atomic E-state index is 12.4. The van der Waals surface area contributed by atoms with Gasteiger partial charge in [-0.3, -0.25) is 9.59 Å². The molecule has 0 N–H and O–H groups in total. The first-order valence-electron chi connectivity index (χ1n) is 8.79. The zero-order valence-corrected chi connectivity index (χ0v) is 15.4. The minimum absolute atomic E-state index is 0.145. The Bertz CT molecular complexity index is 719. The zero-order valence-electron chi connectivity index (χ0n) is 14.6. The molecule has 2 aromatic rings. The lowest BCUT2D eigenvalue weighted by Gasteiger charge is -2.36. The summed E-state index contributed by atoms with van der Waals surface area (Å²) in [4.78, 5) is 29.4. The molecule has 1 fully saturated rings. The molecule has 0 radical (unpaired) electrons. The quantitative estimate of drug-likeness (QED) is 0.740. The van der Waals surface area contributed by atoms with E-state index in [1.807, 2.05) is 22.4 Å². The van der Waals surface area contributed by atoms with E-state index in [1.165, 1.54) is 22.6 Å². The largest absolute Gasteiger partial charge is 0.368 e. The van der Waals surface area contributed by atoms with Gasteiger partial charge in [0.05, 0.1) is 4.88 Å². The number of hydrogen-bond donors (Lipinski definition) is 0. The molecule has 5 heteroatoms. The Morgan fingerprint density at radius 2 is 1.84 bits per heavy atom. The summed E-state index contributed by atoms with van der Waals surface area (Å²) in [6.45, 7) is 5.34. The fraction of sp³-hybridized carbons (Fsp3) is 0.400. The van der Waals surface area contributed by atoms with Gasteiger partial charge in [0, 0.05) is 44.7 Å². The summed E-state index contributed by atoms with van der Waals surface area (Å²) in [6.07, 6.45) is 1.55. The predicted molar refractivity (Wildman–Crippen MR) is 102 cm³/mol. The number of aryl methyl sites for hydroxylation is 1. The number of Topliss-reactive ketones (excluding diaryl/α,β-unsaturated/α-hetero) is 1. The predicted octanol–water partition coefficient (Wildman–Crippen LogP) is 3.76. The lowest BCUT2D eigenvalue weighted by molar-refractivity contribution is -0.131. The van der Waals surface area contributed by atoms with Crippen LogP contribution in [0.25, 0.3) is 0 Å². The molecule has 4 nitrogen and oxygen atoms in total. The molecule has 0 bridgehead atoms. The molecule has 25 heavy (non-hydrogen) atoms. The lowest BCUT2D eigenvalue weighted by Crippen LogP contribution is -2.48. The average molecular weight is 356 g/mol. The van der Waals surface area contributed by atoms with Crippen LogP contribution in [0.1, 0.15) is 34.5 Å². The van der Waals surface area contributed by atoms with Crippen LogP contribution >= 0.6 is 11.3 Å². The lowest BCUT2D eigenvalue weighted by atomic mass is 10.1. The van der Waals surface area contributed by atoms with Crippen LogP contribution in [-0.4, -0.2) is 42.8 Å². The van der Waals surface area contributed by atoms with Gasteiger partial charge in [0.1, 0.15) is 0 Å². The molecule has 1 saturated heterocycles. The van der Waals surface area contributed by atoms with Gasteiger partial charge >= 0.3 is 0 Å². The Morgan fingerprint density at radius 1 is 1.04 bits per heavy atom. The number of anilines is 1. The van der Waals surface area contributed by atoms with Gasteiger partial charge in [-0.2, -0.15) is 0 Å². The van der Waals surface area contributed by atoms with E-state index in [2.05, 4.69) is 36.1 Å². The Labute approximate surface area is 153 Å². The number of rotatable bonds is 6. The molecule has 1 aromatic heterocycles. The molecule has 132 valence electrons. The van der Waals surface area contributed by atoms with Crippen LogP contribution in [0.4, 0.5) is 5.69 Å². The van der Waals surface area contributed by atoms with Crippen LogP contribution in [0, 0.1) is 6.92 Å². The summed E-state index contributed by atoms with van der Waals surface area (Å²) >= 11 is 1.47. The number of nitrogens with zero attached hydrogens (tertiary/aromatic N) is 2. The summed E-state index contributed by atoms with van der Waals surface area (Å²) in [5.41, 5.74) is 2.49. The van der Waals surface area contributed by atoms with Gasteiger partial charge in [0.2, 0.25) is 5.91 Å². The highest BCUT2D eigenvalue weighted by Crippen LogP contribution is 2.18. The number of ketones is 1. The molecule has 0 spiro atoms. The Hall–Kier alpha value is -2.14. The van der Waals surface area contributed by atoms with Gasteiger partial charge in [0.15, 0.2) is 5.78 Å². The van der Waals surface area contributed by atoms with Crippen molar-refractivity contribution in [2.45, 2.75) is 26.2 Å². The minimum atomic E-state index is 0.145. The van der Waals surface area contributed by atoms with Crippen LogP contribution in [0.2, 0.25) is 0 Å². The Morgan fingerprint density at radius 3 is 2.52 bits per heavy atom. The molecule has 0 atom stereocenters. The fourth-order valence-electron chi connectivity index (χ4n) is 3.16. The van der Waals surface area contributed by atoms with E-state index in [1.54, 1.807) is 0 Å². The van der Waals surface area contributed by atoms with Crippen molar-refractivity contribution in [2.75, 3.05) is 31.1 Å². The number of benzene rings is 1. The maximum Gasteiger partial charge on any atom is 0.222 e. The molecule has 1 aromatic carbocycles. The van der Waals surface area contributed by atoms with Crippen LogP contribution in [0.5, 0.6) is 0 Å². The van der Waals surface area contributed by atoms with Gasteiger partial charge in [-0.05, 0) is 42.5 Å². The van der Waals surface area contributed by atoms with E-state index in [-0.39, 0.29) is 11.7 Å². The SMILES string of the molecule is Cc1cccc(N2CCN(C(=O)CCCC(=O)c3cccs3)CC2)c1. The highest BCUT2D eigenvalue weighted by atomic mass is 32.1. The summed E-state index contributed by atoms with van der Waals surface area (Å²) in [5, 5.41) is 1.91. The molecular formula is C20H24N2O2S. The average Bonchev–Trinajstić information content (AvgIpc) is 3.16. The molecule has 0 unspecified atom stereocenters. The molecule has 3 rings (SSSR count).